The quantitative estimate of drug-likeness (QED) is 0.767. The van der Waals surface area contributed by atoms with E-state index >= 15 is 0 Å². The molecule has 162 valence electrons. The second kappa shape index (κ2) is 7.41. The summed E-state index contributed by atoms with van der Waals surface area (Å²) in [6, 6.07) is 4.29. The van der Waals surface area contributed by atoms with E-state index in [2.05, 4.69) is 32.9 Å². The number of nitrogens with two attached hydrogens (primary N) is 1. The molecule has 1 unspecified atom stereocenters. The smallest absolute Gasteiger partial charge is 0.276 e. The Morgan fingerprint density at radius 2 is 1.77 bits per heavy atom. The molecule has 1 aromatic carbocycles. The Balaban J connectivity index is 1.91. The standard InChI is InChI=1S/C23H31N3O3S/c1-14-11-18-5-6-20-17(4)15(2)12-16(3)21(20)23(27,22(18)25-13-14)19-7-9-26(10-8-19)30(24,28)29/h11-13,19,27H,5-10H2,1-4H3,(H2,24,28,29). The van der Waals surface area contributed by atoms with Crippen LogP contribution in [0.15, 0.2) is 18.3 Å². The number of hydrogen-bond donors (Lipinski definition) is 2. The summed E-state index contributed by atoms with van der Waals surface area (Å²) in [5, 5.41) is 17.8. The Morgan fingerprint density at radius 3 is 2.40 bits per heavy atom. The van der Waals surface area contributed by atoms with Crippen molar-refractivity contribution < 1.29 is 13.5 Å². The minimum atomic E-state index is -3.72. The highest BCUT2D eigenvalue weighted by molar-refractivity contribution is 7.86. The number of aromatic nitrogens is 1. The minimum absolute atomic E-state index is 0.137. The van der Waals surface area contributed by atoms with E-state index in [9.17, 15) is 13.5 Å². The molecule has 1 fully saturated rings. The third-order valence-electron chi connectivity index (χ3n) is 7.07. The van der Waals surface area contributed by atoms with Crippen molar-refractivity contribution in [2.24, 2.45) is 11.1 Å². The van der Waals surface area contributed by atoms with Gasteiger partial charge in [-0.15, -0.1) is 0 Å². The van der Waals surface area contributed by atoms with Crippen molar-refractivity contribution >= 4 is 10.2 Å². The number of pyridine rings is 1. The molecule has 0 amide bonds. The summed E-state index contributed by atoms with van der Waals surface area (Å²) in [5.41, 5.74) is 7.34. The zero-order valence-electron chi connectivity index (χ0n) is 18.2. The lowest BCUT2D eigenvalue weighted by atomic mass is 9.70. The van der Waals surface area contributed by atoms with Gasteiger partial charge in [0, 0.05) is 25.2 Å². The van der Waals surface area contributed by atoms with Crippen LogP contribution < -0.4 is 5.14 Å². The number of piperidine rings is 1. The van der Waals surface area contributed by atoms with Crippen LogP contribution in [-0.4, -0.2) is 35.9 Å². The van der Waals surface area contributed by atoms with Gasteiger partial charge in [0.25, 0.3) is 10.2 Å². The highest BCUT2D eigenvalue weighted by Crippen LogP contribution is 2.48. The molecule has 2 heterocycles. The maximum Gasteiger partial charge on any atom is 0.276 e. The van der Waals surface area contributed by atoms with Gasteiger partial charge in [-0.05, 0) is 92.3 Å². The molecular weight excluding hydrogens is 398 g/mol. The highest BCUT2D eigenvalue weighted by Gasteiger charge is 2.48. The van der Waals surface area contributed by atoms with Crippen LogP contribution >= 0.6 is 0 Å². The van der Waals surface area contributed by atoms with Crippen LogP contribution in [0.1, 0.15) is 57.5 Å². The average Bonchev–Trinajstić information content (AvgIpc) is 2.81. The molecule has 7 heteroatoms. The van der Waals surface area contributed by atoms with Gasteiger partial charge in [-0.1, -0.05) is 12.1 Å². The summed E-state index contributed by atoms with van der Waals surface area (Å²) in [4.78, 5) is 4.76. The minimum Gasteiger partial charge on any atom is -0.378 e. The first-order chi connectivity index (χ1) is 14.0. The molecule has 1 aromatic heterocycles. The Labute approximate surface area is 179 Å². The van der Waals surface area contributed by atoms with E-state index in [-0.39, 0.29) is 5.92 Å². The Morgan fingerprint density at radius 1 is 1.10 bits per heavy atom. The van der Waals surface area contributed by atoms with Crippen molar-refractivity contribution in [2.45, 2.75) is 59.0 Å². The Kier molecular flexibility index (Phi) is 5.29. The molecule has 0 bridgehead atoms. The fraction of sp³-hybridized carbons (Fsp3) is 0.522. The van der Waals surface area contributed by atoms with Gasteiger partial charge in [-0.2, -0.15) is 12.7 Å². The summed E-state index contributed by atoms with van der Waals surface area (Å²) >= 11 is 0. The normalized spacial score (nSPS) is 23.0. The van der Waals surface area contributed by atoms with Crippen molar-refractivity contribution in [1.82, 2.24) is 9.29 Å². The van der Waals surface area contributed by atoms with Crippen LogP contribution in [0, 0.1) is 33.6 Å². The fourth-order valence-corrected chi connectivity index (χ4v) is 6.20. The lowest BCUT2D eigenvalue weighted by Gasteiger charge is -2.42. The molecule has 1 aliphatic carbocycles. The fourth-order valence-electron chi connectivity index (χ4n) is 5.48. The number of nitrogens with zero attached hydrogens (tertiary/aromatic N) is 2. The second-order valence-electron chi connectivity index (χ2n) is 8.99. The highest BCUT2D eigenvalue weighted by atomic mass is 32.2. The molecule has 1 atom stereocenters. The molecule has 6 nitrogen and oxygen atoms in total. The summed E-state index contributed by atoms with van der Waals surface area (Å²) in [7, 11) is -3.72. The van der Waals surface area contributed by atoms with Gasteiger partial charge in [0.1, 0.15) is 5.60 Å². The monoisotopic (exact) mass is 429 g/mol. The Hall–Kier alpha value is -1.80. The first-order valence-electron chi connectivity index (χ1n) is 10.6. The predicted molar refractivity (Wildman–Crippen MR) is 117 cm³/mol. The van der Waals surface area contributed by atoms with E-state index in [1.807, 2.05) is 13.1 Å². The van der Waals surface area contributed by atoms with Gasteiger partial charge in [0.15, 0.2) is 0 Å². The molecule has 2 aliphatic rings. The average molecular weight is 430 g/mol. The van der Waals surface area contributed by atoms with Crippen LogP contribution in [0.3, 0.4) is 0 Å². The van der Waals surface area contributed by atoms with Crippen molar-refractivity contribution in [3.8, 4) is 0 Å². The molecule has 1 saturated heterocycles. The zero-order valence-corrected chi connectivity index (χ0v) is 19.0. The van der Waals surface area contributed by atoms with E-state index < -0.39 is 15.8 Å². The first kappa shape index (κ1) is 21.4. The number of aryl methyl sites for hydroxylation is 4. The maximum absolute atomic E-state index is 12.5. The van der Waals surface area contributed by atoms with Gasteiger partial charge in [0.05, 0.1) is 5.69 Å². The van der Waals surface area contributed by atoms with Gasteiger partial charge in [-0.3, -0.25) is 4.98 Å². The van der Waals surface area contributed by atoms with Crippen LogP contribution in [0.4, 0.5) is 0 Å². The van der Waals surface area contributed by atoms with E-state index in [1.54, 1.807) is 0 Å². The first-order valence-corrected chi connectivity index (χ1v) is 12.1. The maximum atomic E-state index is 12.5. The van der Waals surface area contributed by atoms with Crippen LogP contribution in [0.25, 0.3) is 0 Å². The second-order valence-corrected chi connectivity index (χ2v) is 10.5. The summed E-state index contributed by atoms with van der Waals surface area (Å²) in [5.74, 6) is -0.137. The number of fused-ring (bicyclic) bond motifs is 2. The largest absolute Gasteiger partial charge is 0.378 e. The van der Waals surface area contributed by atoms with Crippen molar-refractivity contribution in [3.05, 3.63) is 63.0 Å². The number of aliphatic hydroxyl groups is 1. The molecule has 0 saturated carbocycles. The molecule has 3 N–H and O–H groups in total. The van der Waals surface area contributed by atoms with Gasteiger partial charge >= 0.3 is 0 Å². The van der Waals surface area contributed by atoms with E-state index in [1.165, 1.54) is 21.0 Å². The summed E-state index contributed by atoms with van der Waals surface area (Å²) in [6.07, 6.45) is 4.59. The lowest BCUT2D eigenvalue weighted by Crippen LogP contribution is -2.48. The summed E-state index contributed by atoms with van der Waals surface area (Å²) < 4.78 is 24.9. The topological polar surface area (TPSA) is 96.5 Å². The van der Waals surface area contributed by atoms with Crippen LogP contribution in [-0.2, 0) is 28.7 Å². The van der Waals surface area contributed by atoms with Crippen molar-refractivity contribution in [3.63, 3.8) is 0 Å². The van der Waals surface area contributed by atoms with E-state index in [0.29, 0.717) is 25.9 Å². The van der Waals surface area contributed by atoms with E-state index in [0.717, 1.165) is 40.8 Å². The molecule has 0 radical (unpaired) electrons. The lowest BCUT2D eigenvalue weighted by molar-refractivity contribution is -0.00994. The molecule has 30 heavy (non-hydrogen) atoms. The Bertz CT molecular complexity index is 1110. The van der Waals surface area contributed by atoms with Crippen LogP contribution in [0.5, 0.6) is 0 Å². The van der Waals surface area contributed by atoms with Gasteiger partial charge in [0.2, 0.25) is 0 Å². The third-order valence-corrected chi connectivity index (χ3v) is 8.15. The van der Waals surface area contributed by atoms with Crippen molar-refractivity contribution in [1.29, 1.82) is 0 Å². The number of benzene rings is 1. The zero-order chi connectivity index (χ0) is 21.8. The van der Waals surface area contributed by atoms with Gasteiger partial charge < -0.3 is 5.11 Å². The molecule has 0 spiro atoms. The molecule has 2 aromatic rings. The molecule has 4 rings (SSSR count). The molecule has 1 aliphatic heterocycles. The third kappa shape index (κ3) is 3.38. The van der Waals surface area contributed by atoms with Crippen molar-refractivity contribution in [2.75, 3.05) is 13.1 Å². The molecular formula is C23H31N3O3S. The van der Waals surface area contributed by atoms with Gasteiger partial charge in [-0.25, -0.2) is 5.14 Å². The summed E-state index contributed by atoms with van der Waals surface area (Å²) in [6.45, 7) is 8.96. The van der Waals surface area contributed by atoms with Crippen LogP contribution in [0.2, 0.25) is 0 Å². The number of hydrogen-bond acceptors (Lipinski definition) is 4. The van der Waals surface area contributed by atoms with E-state index in [4.69, 9.17) is 10.1 Å². The number of rotatable bonds is 2. The SMILES string of the molecule is Cc1cnc2c(c1)CCc1c(C)c(C)cc(C)c1C2(O)C1CCN(S(N)(=O)=O)CC1. The predicted octanol–water partition coefficient (Wildman–Crippen LogP) is 2.57.